The van der Waals surface area contributed by atoms with Crippen molar-refractivity contribution in [2.75, 3.05) is 13.1 Å². The van der Waals surface area contributed by atoms with Gasteiger partial charge >= 0.3 is 0 Å². The zero-order valence-electron chi connectivity index (χ0n) is 8.36. The van der Waals surface area contributed by atoms with Crippen molar-refractivity contribution in [2.45, 2.75) is 19.0 Å². The molecule has 2 rings (SSSR count). The van der Waals surface area contributed by atoms with Crippen LogP contribution in [0.3, 0.4) is 0 Å². The fourth-order valence-corrected chi connectivity index (χ4v) is 1.89. The van der Waals surface area contributed by atoms with Crippen LogP contribution in [0, 0.1) is 0 Å². The van der Waals surface area contributed by atoms with Crippen LogP contribution in [0.4, 0.5) is 0 Å². The van der Waals surface area contributed by atoms with E-state index in [1.54, 1.807) is 0 Å². The van der Waals surface area contributed by atoms with Crippen LogP contribution >= 0.6 is 12.4 Å². The number of piperazine rings is 1. The molecule has 1 heterocycles. The Bertz CT molecular complexity index is 263. The normalized spacial score (nSPS) is 26.6. The highest BCUT2D eigenvalue weighted by atomic mass is 35.5. The van der Waals surface area contributed by atoms with Crippen LogP contribution in [0.1, 0.15) is 18.5 Å². The molecule has 1 fully saturated rings. The third-order valence-corrected chi connectivity index (χ3v) is 2.61. The maximum atomic E-state index is 3.52. The van der Waals surface area contributed by atoms with Gasteiger partial charge in [-0.25, -0.2) is 0 Å². The predicted octanol–water partition coefficient (Wildman–Crippen LogP) is 1.73. The van der Waals surface area contributed by atoms with Crippen molar-refractivity contribution in [1.82, 2.24) is 10.6 Å². The van der Waals surface area contributed by atoms with E-state index in [-0.39, 0.29) is 12.4 Å². The molecule has 14 heavy (non-hydrogen) atoms. The van der Waals surface area contributed by atoms with Crippen LogP contribution in [0.2, 0.25) is 0 Å². The highest BCUT2D eigenvalue weighted by Crippen LogP contribution is 2.17. The molecule has 3 heteroatoms. The molecule has 0 aliphatic carbocycles. The second-order valence-electron chi connectivity index (χ2n) is 3.59. The number of rotatable bonds is 1. The van der Waals surface area contributed by atoms with Crippen molar-refractivity contribution in [3.05, 3.63) is 35.9 Å². The van der Waals surface area contributed by atoms with Gasteiger partial charge in [-0.05, 0) is 12.5 Å². The first kappa shape index (κ1) is 11.5. The van der Waals surface area contributed by atoms with E-state index in [9.17, 15) is 0 Å². The monoisotopic (exact) mass is 212 g/mol. The number of hydrogen-bond donors (Lipinski definition) is 2. The van der Waals surface area contributed by atoms with Crippen LogP contribution in [-0.2, 0) is 0 Å². The van der Waals surface area contributed by atoms with Gasteiger partial charge in [0.1, 0.15) is 0 Å². The van der Waals surface area contributed by atoms with E-state index >= 15 is 0 Å². The summed E-state index contributed by atoms with van der Waals surface area (Å²) in [5.74, 6) is 0. The van der Waals surface area contributed by atoms with E-state index in [2.05, 4.69) is 47.9 Å². The zero-order chi connectivity index (χ0) is 9.10. The van der Waals surface area contributed by atoms with E-state index in [0.29, 0.717) is 12.1 Å². The first-order chi connectivity index (χ1) is 6.38. The highest BCUT2D eigenvalue weighted by molar-refractivity contribution is 5.85. The molecular formula is C11H17ClN2. The molecule has 78 valence electrons. The third-order valence-electron chi connectivity index (χ3n) is 2.61. The summed E-state index contributed by atoms with van der Waals surface area (Å²) in [6, 6.07) is 11.6. The van der Waals surface area contributed by atoms with Gasteiger partial charge in [0.2, 0.25) is 0 Å². The van der Waals surface area contributed by atoms with Crippen molar-refractivity contribution < 1.29 is 0 Å². The van der Waals surface area contributed by atoms with Crippen LogP contribution in [0.15, 0.2) is 30.3 Å². The molecule has 0 amide bonds. The summed E-state index contributed by atoms with van der Waals surface area (Å²) in [5, 5.41) is 6.99. The number of nitrogens with one attached hydrogen (secondary N) is 2. The molecule has 1 saturated heterocycles. The Morgan fingerprint density at radius 1 is 1.07 bits per heavy atom. The Morgan fingerprint density at radius 2 is 1.71 bits per heavy atom. The standard InChI is InChI=1S/C11H16N2.ClH/c1-9-11(13-8-7-12-9)10-5-3-2-4-6-10;/h2-6,9,11-13H,7-8H2,1H3;1H. The highest BCUT2D eigenvalue weighted by Gasteiger charge is 2.20. The van der Waals surface area contributed by atoms with E-state index < -0.39 is 0 Å². The molecule has 2 nitrogen and oxygen atoms in total. The lowest BCUT2D eigenvalue weighted by Crippen LogP contribution is -2.48. The number of benzene rings is 1. The molecular weight excluding hydrogens is 196 g/mol. The maximum Gasteiger partial charge on any atom is 0.0473 e. The Balaban J connectivity index is 0.000000980. The Labute approximate surface area is 91.5 Å². The van der Waals surface area contributed by atoms with Crippen molar-refractivity contribution >= 4 is 12.4 Å². The molecule has 0 aromatic heterocycles. The summed E-state index contributed by atoms with van der Waals surface area (Å²) in [4.78, 5) is 0. The van der Waals surface area contributed by atoms with Gasteiger partial charge in [-0.3, -0.25) is 0 Å². The van der Waals surface area contributed by atoms with Crippen LogP contribution in [-0.4, -0.2) is 19.1 Å². The van der Waals surface area contributed by atoms with E-state index in [4.69, 9.17) is 0 Å². The molecule has 2 atom stereocenters. The van der Waals surface area contributed by atoms with Crippen LogP contribution in [0.5, 0.6) is 0 Å². The minimum Gasteiger partial charge on any atom is -0.311 e. The lowest BCUT2D eigenvalue weighted by atomic mass is 9.99. The third kappa shape index (κ3) is 2.47. The molecule has 2 N–H and O–H groups in total. The second-order valence-corrected chi connectivity index (χ2v) is 3.59. The Kier molecular flexibility index (Phi) is 4.39. The predicted molar refractivity (Wildman–Crippen MR) is 61.9 cm³/mol. The van der Waals surface area contributed by atoms with Gasteiger partial charge in [-0.1, -0.05) is 30.3 Å². The van der Waals surface area contributed by atoms with Gasteiger partial charge < -0.3 is 10.6 Å². The van der Waals surface area contributed by atoms with Gasteiger partial charge in [-0.15, -0.1) is 12.4 Å². The molecule has 0 spiro atoms. The second kappa shape index (κ2) is 5.35. The fraction of sp³-hybridized carbons (Fsp3) is 0.455. The van der Waals surface area contributed by atoms with Gasteiger partial charge in [0.25, 0.3) is 0 Å². The average Bonchev–Trinajstić information content (AvgIpc) is 2.20. The lowest BCUT2D eigenvalue weighted by molar-refractivity contribution is 0.345. The topological polar surface area (TPSA) is 24.1 Å². The smallest absolute Gasteiger partial charge is 0.0473 e. The van der Waals surface area contributed by atoms with Gasteiger partial charge in [0, 0.05) is 25.2 Å². The van der Waals surface area contributed by atoms with Crippen molar-refractivity contribution in [3.63, 3.8) is 0 Å². The van der Waals surface area contributed by atoms with Gasteiger partial charge in [0.15, 0.2) is 0 Å². The van der Waals surface area contributed by atoms with Crippen molar-refractivity contribution in [1.29, 1.82) is 0 Å². The van der Waals surface area contributed by atoms with Crippen molar-refractivity contribution in [2.24, 2.45) is 0 Å². The lowest BCUT2D eigenvalue weighted by Gasteiger charge is -2.31. The molecule has 2 unspecified atom stereocenters. The van der Waals surface area contributed by atoms with Gasteiger partial charge in [-0.2, -0.15) is 0 Å². The summed E-state index contributed by atoms with van der Waals surface area (Å²) < 4.78 is 0. The average molecular weight is 213 g/mol. The summed E-state index contributed by atoms with van der Waals surface area (Å²) in [7, 11) is 0. The summed E-state index contributed by atoms with van der Waals surface area (Å²) in [6.45, 7) is 4.36. The minimum atomic E-state index is 0. The van der Waals surface area contributed by atoms with E-state index in [0.717, 1.165) is 13.1 Å². The quantitative estimate of drug-likeness (QED) is 0.741. The summed E-state index contributed by atoms with van der Waals surface area (Å²) >= 11 is 0. The fourth-order valence-electron chi connectivity index (χ4n) is 1.89. The first-order valence-electron chi connectivity index (χ1n) is 4.89. The molecule has 0 saturated carbocycles. The molecule has 0 radical (unpaired) electrons. The van der Waals surface area contributed by atoms with Gasteiger partial charge in [0.05, 0.1) is 0 Å². The maximum absolute atomic E-state index is 3.52. The van der Waals surface area contributed by atoms with Crippen LogP contribution in [0.25, 0.3) is 0 Å². The zero-order valence-corrected chi connectivity index (χ0v) is 9.18. The molecule has 1 aliphatic heterocycles. The Hall–Kier alpha value is -0.570. The van der Waals surface area contributed by atoms with E-state index in [1.807, 2.05) is 0 Å². The molecule has 1 aromatic rings. The summed E-state index contributed by atoms with van der Waals surface area (Å²) in [6.07, 6.45) is 0. The molecule has 1 aromatic carbocycles. The number of hydrogen-bond acceptors (Lipinski definition) is 2. The van der Waals surface area contributed by atoms with Crippen LogP contribution < -0.4 is 10.6 Å². The largest absolute Gasteiger partial charge is 0.311 e. The van der Waals surface area contributed by atoms with Crippen molar-refractivity contribution in [3.8, 4) is 0 Å². The molecule has 1 aliphatic rings. The summed E-state index contributed by atoms with van der Waals surface area (Å²) in [5.41, 5.74) is 1.38. The van der Waals surface area contributed by atoms with E-state index in [1.165, 1.54) is 5.56 Å². The Morgan fingerprint density at radius 3 is 2.36 bits per heavy atom. The molecule has 0 bridgehead atoms. The SMILES string of the molecule is CC1NCCNC1c1ccccc1.Cl. The number of halogens is 1. The first-order valence-corrected chi connectivity index (χ1v) is 4.89. The minimum absolute atomic E-state index is 0.